The van der Waals surface area contributed by atoms with Crippen molar-refractivity contribution in [3.05, 3.63) is 108 Å². The average molecular weight is 382 g/mol. The lowest BCUT2D eigenvalue weighted by Gasteiger charge is -2.38. The Hall–Kier alpha value is -2.72. The molecule has 0 aliphatic carbocycles. The van der Waals surface area contributed by atoms with Crippen LogP contribution < -0.4 is 0 Å². The van der Waals surface area contributed by atoms with Crippen LogP contribution in [0.25, 0.3) is 0 Å². The van der Waals surface area contributed by atoms with Crippen LogP contribution in [0.1, 0.15) is 22.3 Å². The second-order valence-corrected chi connectivity index (χ2v) is 7.94. The molecule has 0 aliphatic rings. The van der Waals surface area contributed by atoms with Gasteiger partial charge in [0, 0.05) is 0 Å². The number of benzene rings is 3. The Morgan fingerprint density at radius 1 is 0.741 bits per heavy atom. The van der Waals surface area contributed by atoms with E-state index in [4.69, 9.17) is 0 Å². The van der Waals surface area contributed by atoms with Gasteiger partial charge in [0.2, 0.25) is 0 Å². The van der Waals surface area contributed by atoms with Crippen molar-refractivity contribution < 1.29 is 24.3 Å². The van der Waals surface area contributed by atoms with E-state index in [1.165, 1.54) is 0 Å². The molecule has 6 heteroatoms. The number of hydrogen-bond donors (Lipinski definition) is 3. The molecular formula is C21H19O5P. The highest BCUT2D eigenvalue weighted by atomic mass is 31.2. The van der Waals surface area contributed by atoms with E-state index in [2.05, 4.69) is 0 Å². The molecule has 0 radical (unpaired) electrons. The highest BCUT2D eigenvalue weighted by Gasteiger charge is 2.56. The van der Waals surface area contributed by atoms with Crippen molar-refractivity contribution in [2.45, 2.75) is 11.1 Å². The predicted octanol–water partition coefficient (Wildman–Crippen LogP) is 3.98. The van der Waals surface area contributed by atoms with Crippen LogP contribution in [0.15, 0.2) is 91.0 Å². The molecular weight excluding hydrogens is 363 g/mol. The second kappa shape index (κ2) is 7.49. The molecule has 0 fully saturated rings. The van der Waals surface area contributed by atoms with Gasteiger partial charge in [0.1, 0.15) is 11.1 Å². The average Bonchev–Trinajstić information content (AvgIpc) is 2.67. The first-order valence-corrected chi connectivity index (χ1v) is 10.0. The lowest BCUT2D eigenvalue weighted by molar-refractivity contribution is -0.142. The summed E-state index contributed by atoms with van der Waals surface area (Å²) in [5.74, 6) is -1.32. The molecule has 0 heterocycles. The van der Waals surface area contributed by atoms with E-state index in [1.807, 2.05) is 0 Å². The number of hydrogen-bond acceptors (Lipinski definition) is 2. The predicted molar refractivity (Wildman–Crippen MR) is 103 cm³/mol. The van der Waals surface area contributed by atoms with Gasteiger partial charge in [0.25, 0.3) is 0 Å². The molecule has 0 aromatic heterocycles. The third kappa shape index (κ3) is 3.45. The number of carboxylic acids is 1. The third-order valence-corrected chi connectivity index (χ3v) is 6.02. The zero-order chi connectivity index (χ0) is 19.5. The molecule has 138 valence electrons. The Balaban J connectivity index is 2.45. The van der Waals surface area contributed by atoms with Gasteiger partial charge in [-0.2, -0.15) is 0 Å². The Kier molecular flexibility index (Phi) is 5.29. The molecule has 5 nitrogen and oxygen atoms in total. The van der Waals surface area contributed by atoms with Crippen molar-refractivity contribution in [1.82, 2.24) is 0 Å². The first-order chi connectivity index (χ1) is 12.9. The van der Waals surface area contributed by atoms with Crippen LogP contribution in [-0.2, 0) is 14.8 Å². The third-order valence-electron chi connectivity index (χ3n) is 4.66. The summed E-state index contributed by atoms with van der Waals surface area (Å²) in [6.45, 7) is 0. The van der Waals surface area contributed by atoms with Gasteiger partial charge < -0.3 is 14.9 Å². The van der Waals surface area contributed by atoms with E-state index in [9.17, 15) is 24.3 Å². The van der Waals surface area contributed by atoms with Crippen LogP contribution in [0.3, 0.4) is 0 Å². The smallest absolute Gasteiger partial charge is 0.334 e. The van der Waals surface area contributed by atoms with Gasteiger partial charge in [-0.15, -0.1) is 0 Å². The summed E-state index contributed by atoms with van der Waals surface area (Å²) < 4.78 is 12.7. The minimum atomic E-state index is -4.88. The second-order valence-electron chi connectivity index (χ2n) is 6.25. The Morgan fingerprint density at radius 2 is 1.11 bits per heavy atom. The van der Waals surface area contributed by atoms with Crippen LogP contribution in [0.4, 0.5) is 0 Å². The van der Waals surface area contributed by atoms with Crippen molar-refractivity contribution in [3.63, 3.8) is 0 Å². The SMILES string of the molecule is O=C(O)C(c1ccccc1)(c1ccccc1)C(c1ccccc1)P(=O)(O)O. The normalized spacial score (nSPS) is 13.1. The fourth-order valence-corrected chi connectivity index (χ4v) is 5.05. The number of carbonyl (C=O) groups is 1. The van der Waals surface area contributed by atoms with Crippen molar-refractivity contribution in [1.29, 1.82) is 0 Å². The zero-order valence-corrected chi connectivity index (χ0v) is 15.2. The van der Waals surface area contributed by atoms with E-state index in [-0.39, 0.29) is 5.56 Å². The van der Waals surface area contributed by atoms with Crippen molar-refractivity contribution in [2.24, 2.45) is 0 Å². The van der Waals surface area contributed by atoms with Gasteiger partial charge in [-0.3, -0.25) is 9.36 Å². The lowest BCUT2D eigenvalue weighted by atomic mass is 9.70. The molecule has 0 amide bonds. The highest BCUT2D eigenvalue weighted by Crippen LogP contribution is 2.63. The van der Waals surface area contributed by atoms with Gasteiger partial charge in [-0.1, -0.05) is 91.0 Å². The van der Waals surface area contributed by atoms with Gasteiger partial charge >= 0.3 is 13.6 Å². The van der Waals surface area contributed by atoms with Gasteiger partial charge in [-0.05, 0) is 16.7 Å². The van der Waals surface area contributed by atoms with Gasteiger partial charge in [-0.25, -0.2) is 0 Å². The van der Waals surface area contributed by atoms with Crippen molar-refractivity contribution in [3.8, 4) is 0 Å². The van der Waals surface area contributed by atoms with Gasteiger partial charge in [0.15, 0.2) is 0 Å². The van der Waals surface area contributed by atoms with Crippen LogP contribution in [0, 0.1) is 0 Å². The van der Waals surface area contributed by atoms with E-state index in [0.29, 0.717) is 11.1 Å². The number of rotatable bonds is 6. The van der Waals surface area contributed by atoms with E-state index in [1.54, 1.807) is 91.0 Å². The van der Waals surface area contributed by atoms with Gasteiger partial charge in [0.05, 0.1) is 0 Å². The fraction of sp³-hybridized carbons (Fsp3) is 0.0952. The zero-order valence-electron chi connectivity index (χ0n) is 14.3. The first-order valence-electron chi connectivity index (χ1n) is 8.33. The topological polar surface area (TPSA) is 94.8 Å². The van der Waals surface area contributed by atoms with Crippen LogP contribution in [0.5, 0.6) is 0 Å². The lowest BCUT2D eigenvalue weighted by Crippen LogP contribution is -2.43. The summed E-state index contributed by atoms with van der Waals surface area (Å²) in [6.07, 6.45) is 0. The minimum absolute atomic E-state index is 0.265. The molecule has 3 rings (SSSR count). The Labute approximate surface area is 157 Å². The molecule has 3 N–H and O–H groups in total. The molecule has 27 heavy (non-hydrogen) atoms. The maximum absolute atomic E-state index is 12.7. The molecule has 1 unspecified atom stereocenters. The number of aliphatic carboxylic acids is 1. The maximum atomic E-state index is 12.7. The fourth-order valence-electron chi connectivity index (χ4n) is 3.58. The van der Waals surface area contributed by atoms with E-state index in [0.717, 1.165) is 0 Å². The largest absolute Gasteiger partial charge is 0.480 e. The minimum Gasteiger partial charge on any atom is -0.480 e. The molecule has 3 aromatic rings. The summed E-state index contributed by atoms with van der Waals surface area (Å²) >= 11 is 0. The molecule has 0 saturated heterocycles. The van der Waals surface area contributed by atoms with E-state index >= 15 is 0 Å². The standard InChI is InChI=1S/C21H19O5P/c22-20(23)21(17-12-6-2-7-13-17,18-14-8-3-9-15-18)19(27(24,25)26)16-10-4-1-5-11-16/h1-15,19H,(H,22,23)(H2,24,25,26). The summed E-state index contributed by atoms with van der Waals surface area (Å²) in [5.41, 5.74) is -2.67. The molecule has 0 bridgehead atoms. The number of carboxylic acid groups (broad SMARTS) is 1. The van der Waals surface area contributed by atoms with E-state index < -0.39 is 24.6 Å². The molecule has 1 atom stereocenters. The first kappa shape index (κ1) is 19.1. The van der Waals surface area contributed by atoms with Crippen molar-refractivity contribution >= 4 is 13.6 Å². The summed E-state index contributed by atoms with van der Waals surface area (Å²) in [5, 5.41) is 10.4. The van der Waals surface area contributed by atoms with Crippen LogP contribution in [0.2, 0.25) is 0 Å². The summed E-state index contributed by atoms with van der Waals surface area (Å²) in [4.78, 5) is 33.3. The van der Waals surface area contributed by atoms with Crippen molar-refractivity contribution in [2.75, 3.05) is 0 Å². The summed E-state index contributed by atoms with van der Waals surface area (Å²) in [6, 6.07) is 24.6. The van der Waals surface area contributed by atoms with Crippen LogP contribution in [-0.4, -0.2) is 20.9 Å². The highest BCUT2D eigenvalue weighted by molar-refractivity contribution is 7.52. The quantitative estimate of drug-likeness (QED) is 0.561. The van der Waals surface area contributed by atoms with Crippen LogP contribution >= 0.6 is 7.60 Å². The molecule has 0 spiro atoms. The maximum Gasteiger partial charge on any atom is 0.334 e. The molecule has 0 saturated carbocycles. The Morgan fingerprint density at radius 3 is 1.44 bits per heavy atom. The Bertz CT molecular complexity index is 912. The summed E-state index contributed by atoms with van der Waals surface area (Å²) in [7, 11) is -4.88. The molecule has 0 aliphatic heterocycles. The monoisotopic (exact) mass is 382 g/mol. The molecule has 3 aromatic carbocycles.